The number of carboxylic acids is 1. The Balaban J connectivity index is 1.88. The SMILES string of the molecule is O=C(O)c1cc(COCc2ccc(Cl)c(F)c2)on1. The van der Waals surface area contributed by atoms with Crippen molar-refractivity contribution in [2.75, 3.05) is 0 Å². The number of nitrogens with zero attached hydrogens (tertiary/aromatic N) is 1. The maximum atomic E-state index is 13.1. The largest absolute Gasteiger partial charge is 0.476 e. The number of aromatic nitrogens is 1. The van der Waals surface area contributed by atoms with E-state index < -0.39 is 11.8 Å². The Bertz CT molecular complexity index is 599. The molecule has 2 aromatic rings. The first-order chi connectivity index (χ1) is 9.06. The molecule has 1 N–H and O–H groups in total. The molecule has 0 saturated carbocycles. The van der Waals surface area contributed by atoms with Crippen LogP contribution < -0.4 is 0 Å². The summed E-state index contributed by atoms with van der Waals surface area (Å²) < 4.78 is 23.2. The minimum absolute atomic E-state index is 0.0462. The van der Waals surface area contributed by atoms with E-state index in [1.165, 1.54) is 18.2 Å². The molecule has 0 unspecified atom stereocenters. The van der Waals surface area contributed by atoms with E-state index in [9.17, 15) is 9.18 Å². The average Bonchev–Trinajstić information content (AvgIpc) is 2.83. The molecule has 0 aliphatic rings. The van der Waals surface area contributed by atoms with Gasteiger partial charge in [0, 0.05) is 6.07 Å². The summed E-state index contributed by atoms with van der Waals surface area (Å²) in [6, 6.07) is 5.61. The molecule has 0 spiro atoms. The van der Waals surface area contributed by atoms with Crippen molar-refractivity contribution in [1.82, 2.24) is 5.16 Å². The van der Waals surface area contributed by atoms with Crippen LogP contribution in [0.3, 0.4) is 0 Å². The number of aromatic carboxylic acids is 1. The zero-order valence-corrected chi connectivity index (χ0v) is 10.4. The summed E-state index contributed by atoms with van der Waals surface area (Å²) in [5.41, 5.74) is 0.427. The normalized spacial score (nSPS) is 10.6. The Hall–Kier alpha value is -1.92. The van der Waals surface area contributed by atoms with E-state index in [-0.39, 0.29) is 29.7 Å². The van der Waals surface area contributed by atoms with Gasteiger partial charge in [0.05, 0.1) is 11.6 Å². The van der Waals surface area contributed by atoms with Crippen LogP contribution >= 0.6 is 11.6 Å². The second kappa shape index (κ2) is 5.81. The fraction of sp³-hybridized carbons (Fsp3) is 0.167. The summed E-state index contributed by atoms with van der Waals surface area (Å²) in [6.45, 7) is 0.196. The number of ether oxygens (including phenoxy) is 1. The molecule has 7 heteroatoms. The molecule has 0 aliphatic carbocycles. The second-order valence-electron chi connectivity index (χ2n) is 3.72. The number of carbonyl (C=O) groups is 1. The van der Waals surface area contributed by atoms with Crippen molar-refractivity contribution >= 4 is 17.6 Å². The lowest BCUT2D eigenvalue weighted by Crippen LogP contribution is -1.95. The van der Waals surface area contributed by atoms with E-state index in [0.29, 0.717) is 5.56 Å². The molecule has 0 bridgehead atoms. The molecule has 1 heterocycles. The van der Waals surface area contributed by atoms with Crippen molar-refractivity contribution < 1.29 is 23.6 Å². The number of hydrogen-bond donors (Lipinski definition) is 1. The van der Waals surface area contributed by atoms with E-state index in [1.807, 2.05) is 0 Å². The summed E-state index contributed by atoms with van der Waals surface area (Å²) >= 11 is 5.55. The highest BCUT2D eigenvalue weighted by atomic mass is 35.5. The summed E-state index contributed by atoms with van der Waals surface area (Å²) in [5.74, 6) is -1.41. The van der Waals surface area contributed by atoms with Gasteiger partial charge in [0.25, 0.3) is 0 Å². The van der Waals surface area contributed by atoms with E-state index in [1.54, 1.807) is 6.07 Å². The molecule has 2 rings (SSSR count). The van der Waals surface area contributed by atoms with Crippen molar-refractivity contribution in [2.45, 2.75) is 13.2 Å². The lowest BCUT2D eigenvalue weighted by atomic mass is 10.2. The van der Waals surface area contributed by atoms with Gasteiger partial charge in [0.2, 0.25) is 0 Å². The number of halogens is 2. The van der Waals surface area contributed by atoms with E-state index >= 15 is 0 Å². The van der Waals surface area contributed by atoms with Crippen LogP contribution in [0.5, 0.6) is 0 Å². The Morgan fingerprint density at radius 2 is 2.21 bits per heavy atom. The number of hydrogen-bond acceptors (Lipinski definition) is 4. The Morgan fingerprint density at radius 3 is 2.84 bits per heavy atom. The highest BCUT2D eigenvalue weighted by Gasteiger charge is 2.10. The predicted molar refractivity (Wildman–Crippen MR) is 63.4 cm³/mol. The van der Waals surface area contributed by atoms with Crippen LogP contribution in [-0.2, 0) is 18.0 Å². The molecule has 0 aliphatic heterocycles. The van der Waals surface area contributed by atoms with Crippen molar-refractivity contribution in [3.8, 4) is 0 Å². The Labute approximate surface area is 112 Å². The van der Waals surface area contributed by atoms with Crippen LogP contribution in [0.1, 0.15) is 21.8 Å². The standard InChI is InChI=1S/C12H9ClFNO4/c13-9-2-1-7(3-10(9)14)5-18-6-8-4-11(12(16)17)15-19-8/h1-4H,5-6H2,(H,16,17). The van der Waals surface area contributed by atoms with Crippen LogP contribution in [0.2, 0.25) is 5.02 Å². The van der Waals surface area contributed by atoms with Gasteiger partial charge < -0.3 is 14.4 Å². The smallest absolute Gasteiger partial charge is 0.358 e. The summed E-state index contributed by atoms with van der Waals surface area (Å²) in [4.78, 5) is 10.6. The zero-order chi connectivity index (χ0) is 13.8. The van der Waals surface area contributed by atoms with Gasteiger partial charge in [0.15, 0.2) is 11.5 Å². The molecule has 19 heavy (non-hydrogen) atoms. The Morgan fingerprint density at radius 1 is 1.42 bits per heavy atom. The van der Waals surface area contributed by atoms with Crippen LogP contribution in [0.15, 0.2) is 28.8 Å². The third kappa shape index (κ3) is 3.52. The monoisotopic (exact) mass is 285 g/mol. The van der Waals surface area contributed by atoms with E-state index in [4.69, 9.17) is 26.0 Å². The first-order valence-corrected chi connectivity index (χ1v) is 5.64. The van der Waals surface area contributed by atoms with Crippen LogP contribution in [0.25, 0.3) is 0 Å². The lowest BCUT2D eigenvalue weighted by Gasteiger charge is -2.03. The fourth-order valence-electron chi connectivity index (χ4n) is 1.38. The second-order valence-corrected chi connectivity index (χ2v) is 4.13. The van der Waals surface area contributed by atoms with Crippen molar-refractivity contribution in [3.05, 3.63) is 52.1 Å². The first kappa shape index (κ1) is 13.5. The quantitative estimate of drug-likeness (QED) is 0.914. The maximum absolute atomic E-state index is 13.1. The third-order valence-corrected chi connectivity index (χ3v) is 2.58. The van der Waals surface area contributed by atoms with Gasteiger partial charge in [-0.15, -0.1) is 0 Å². The zero-order valence-electron chi connectivity index (χ0n) is 9.60. The van der Waals surface area contributed by atoms with Gasteiger partial charge in [-0.3, -0.25) is 0 Å². The summed E-state index contributed by atoms with van der Waals surface area (Å²) in [7, 11) is 0. The van der Waals surface area contributed by atoms with Gasteiger partial charge in [-0.2, -0.15) is 0 Å². The molecule has 0 atom stereocenters. The van der Waals surface area contributed by atoms with Crippen molar-refractivity contribution in [3.63, 3.8) is 0 Å². The van der Waals surface area contributed by atoms with Crippen LogP contribution in [0, 0.1) is 5.82 Å². The van der Waals surface area contributed by atoms with Crippen molar-refractivity contribution in [2.24, 2.45) is 0 Å². The maximum Gasteiger partial charge on any atom is 0.358 e. The first-order valence-electron chi connectivity index (χ1n) is 5.27. The lowest BCUT2D eigenvalue weighted by molar-refractivity contribution is 0.0683. The molecular weight excluding hydrogens is 277 g/mol. The molecule has 100 valence electrons. The topological polar surface area (TPSA) is 72.6 Å². The number of benzene rings is 1. The molecule has 1 aromatic carbocycles. The summed E-state index contributed by atoms with van der Waals surface area (Å²) in [6.07, 6.45) is 0. The molecule has 5 nitrogen and oxygen atoms in total. The average molecular weight is 286 g/mol. The van der Waals surface area contributed by atoms with E-state index in [2.05, 4.69) is 5.16 Å². The van der Waals surface area contributed by atoms with Gasteiger partial charge in [0.1, 0.15) is 12.4 Å². The molecule has 0 saturated heterocycles. The van der Waals surface area contributed by atoms with Gasteiger partial charge in [-0.05, 0) is 17.7 Å². The molecule has 0 fully saturated rings. The fourth-order valence-corrected chi connectivity index (χ4v) is 1.50. The minimum atomic E-state index is -1.17. The number of rotatable bonds is 5. The van der Waals surface area contributed by atoms with Crippen LogP contribution in [0.4, 0.5) is 4.39 Å². The van der Waals surface area contributed by atoms with Gasteiger partial charge >= 0.3 is 5.97 Å². The molecular formula is C12H9ClFNO4. The predicted octanol–water partition coefficient (Wildman–Crippen LogP) is 2.88. The summed E-state index contributed by atoms with van der Waals surface area (Å²) in [5, 5.41) is 12.0. The number of carboxylic acid groups (broad SMARTS) is 1. The van der Waals surface area contributed by atoms with Gasteiger partial charge in [-0.1, -0.05) is 22.8 Å². The third-order valence-electron chi connectivity index (χ3n) is 2.28. The Kier molecular flexibility index (Phi) is 4.13. The highest BCUT2D eigenvalue weighted by Crippen LogP contribution is 2.16. The van der Waals surface area contributed by atoms with Gasteiger partial charge in [-0.25, -0.2) is 9.18 Å². The van der Waals surface area contributed by atoms with E-state index in [0.717, 1.165) is 0 Å². The van der Waals surface area contributed by atoms with Crippen molar-refractivity contribution in [1.29, 1.82) is 0 Å². The molecule has 0 radical (unpaired) electrons. The van der Waals surface area contributed by atoms with Crippen LogP contribution in [-0.4, -0.2) is 16.2 Å². The minimum Gasteiger partial charge on any atom is -0.476 e. The molecule has 0 amide bonds. The molecule has 1 aromatic heterocycles. The highest BCUT2D eigenvalue weighted by molar-refractivity contribution is 6.30.